The summed E-state index contributed by atoms with van der Waals surface area (Å²) in [5.74, 6) is 0. The monoisotopic (exact) mass is 221 g/mol. The van der Waals surface area contributed by atoms with Crippen LogP contribution in [0.4, 0.5) is 0 Å². The first kappa shape index (κ1) is 12.0. The Bertz CT molecular complexity index is 451. The summed E-state index contributed by atoms with van der Waals surface area (Å²) >= 11 is 0. The summed E-state index contributed by atoms with van der Waals surface area (Å²) in [6, 6.07) is 12.9. The van der Waals surface area contributed by atoms with Gasteiger partial charge in [-0.05, 0) is 41.8 Å². The quantitative estimate of drug-likeness (QED) is 0.829. The number of nitrogens with two attached hydrogens (primary N) is 1. The van der Waals surface area contributed by atoms with E-state index < -0.39 is 0 Å². The van der Waals surface area contributed by atoms with Gasteiger partial charge in [0.1, 0.15) is 0 Å². The molecule has 0 saturated heterocycles. The van der Waals surface area contributed by atoms with Gasteiger partial charge < -0.3 is 5.73 Å². The van der Waals surface area contributed by atoms with E-state index in [1.165, 1.54) is 21.9 Å². The van der Waals surface area contributed by atoms with Crippen molar-refractivity contribution in [2.24, 2.45) is 5.73 Å². The summed E-state index contributed by atoms with van der Waals surface area (Å²) in [6.45, 7) is 2.86. The first-order valence-corrected chi connectivity index (χ1v) is 5.00. The summed E-state index contributed by atoms with van der Waals surface area (Å²) in [6.07, 6.45) is 0.959. The molecule has 0 aliphatic carbocycles. The summed E-state index contributed by atoms with van der Waals surface area (Å²) in [4.78, 5) is 0. The zero-order valence-corrected chi connectivity index (χ0v) is 9.68. The van der Waals surface area contributed by atoms with Gasteiger partial charge >= 0.3 is 0 Å². The number of rotatable bonds is 2. The summed E-state index contributed by atoms with van der Waals surface area (Å²) in [5, 5.41) is 2.69. The van der Waals surface area contributed by atoms with Crippen LogP contribution < -0.4 is 5.73 Å². The van der Waals surface area contributed by atoms with Crippen LogP contribution in [-0.2, 0) is 6.42 Å². The summed E-state index contributed by atoms with van der Waals surface area (Å²) in [7, 11) is 0. The van der Waals surface area contributed by atoms with Crippen molar-refractivity contribution in [3.8, 4) is 0 Å². The van der Waals surface area contributed by atoms with Gasteiger partial charge in [-0.2, -0.15) is 0 Å². The minimum Gasteiger partial charge on any atom is -0.330 e. The zero-order chi connectivity index (χ0) is 9.97. The number of hydrogen-bond donors (Lipinski definition) is 1. The Morgan fingerprint density at radius 1 is 1.00 bits per heavy atom. The average Bonchev–Trinajstić information content (AvgIpc) is 2.23. The minimum atomic E-state index is 0. The van der Waals surface area contributed by atoms with E-state index in [0.717, 1.165) is 6.42 Å². The van der Waals surface area contributed by atoms with Crippen LogP contribution in [0, 0.1) is 6.92 Å². The van der Waals surface area contributed by atoms with Crippen LogP contribution in [0.5, 0.6) is 0 Å². The number of hydrogen-bond acceptors (Lipinski definition) is 1. The van der Waals surface area contributed by atoms with Crippen LogP contribution in [-0.4, -0.2) is 6.54 Å². The van der Waals surface area contributed by atoms with Crippen molar-refractivity contribution < 1.29 is 0 Å². The molecule has 15 heavy (non-hydrogen) atoms. The fraction of sp³-hybridized carbons (Fsp3) is 0.231. The maximum Gasteiger partial charge on any atom is -0.00365 e. The average molecular weight is 222 g/mol. The Morgan fingerprint density at radius 3 is 2.33 bits per heavy atom. The fourth-order valence-electron chi connectivity index (χ4n) is 1.89. The van der Waals surface area contributed by atoms with E-state index in [1.807, 2.05) is 0 Å². The molecule has 0 fully saturated rings. The molecule has 0 atom stereocenters. The van der Waals surface area contributed by atoms with E-state index in [4.69, 9.17) is 5.73 Å². The van der Waals surface area contributed by atoms with Crippen molar-refractivity contribution >= 4 is 23.2 Å². The van der Waals surface area contributed by atoms with E-state index in [-0.39, 0.29) is 12.4 Å². The van der Waals surface area contributed by atoms with Crippen LogP contribution in [0.3, 0.4) is 0 Å². The van der Waals surface area contributed by atoms with Crippen LogP contribution in [0.1, 0.15) is 11.1 Å². The Kier molecular flexibility index (Phi) is 4.13. The highest BCUT2D eigenvalue weighted by molar-refractivity contribution is 5.88. The Morgan fingerprint density at radius 2 is 1.67 bits per heavy atom. The second-order valence-electron chi connectivity index (χ2n) is 3.63. The predicted molar refractivity (Wildman–Crippen MR) is 68.7 cm³/mol. The van der Waals surface area contributed by atoms with Gasteiger partial charge in [0, 0.05) is 0 Å². The lowest BCUT2D eigenvalue weighted by Gasteiger charge is -2.07. The molecule has 80 valence electrons. The number of benzene rings is 2. The molecule has 0 radical (unpaired) electrons. The van der Waals surface area contributed by atoms with Gasteiger partial charge in [0.2, 0.25) is 0 Å². The molecule has 2 aromatic carbocycles. The van der Waals surface area contributed by atoms with Gasteiger partial charge in [0.05, 0.1) is 0 Å². The van der Waals surface area contributed by atoms with Crippen LogP contribution in [0.2, 0.25) is 0 Å². The highest BCUT2D eigenvalue weighted by Crippen LogP contribution is 2.22. The topological polar surface area (TPSA) is 26.0 Å². The second kappa shape index (κ2) is 5.15. The molecule has 0 heterocycles. The molecule has 0 saturated carbocycles. The van der Waals surface area contributed by atoms with Crippen molar-refractivity contribution in [3.05, 3.63) is 47.5 Å². The molecule has 0 aliphatic rings. The van der Waals surface area contributed by atoms with Crippen LogP contribution in [0.15, 0.2) is 36.4 Å². The lowest BCUT2D eigenvalue weighted by Crippen LogP contribution is -2.03. The number of aryl methyl sites for hydroxylation is 1. The normalized spacial score (nSPS) is 10.0. The van der Waals surface area contributed by atoms with Crippen LogP contribution >= 0.6 is 12.4 Å². The third-order valence-electron chi connectivity index (χ3n) is 2.65. The van der Waals surface area contributed by atoms with E-state index >= 15 is 0 Å². The summed E-state index contributed by atoms with van der Waals surface area (Å²) in [5.41, 5.74) is 8.28. The minimum absolute atomic E-state index is 0. The van der Waals surface area contributed by atoms with Crippen molar-refractivity contribution in [2.45, 2.75) is 13.3 Å². The lowest BCUT2D eigenvalue weighted by molar-refractivity contribution is 0.977. The van der Waals surface area contributed by atoms with E-state index in [1.54, 1.807) is 0 Å². The molecule has 0 amide bonds. The zero-order valence-electron chi connectivity index (χ0n) is 8.86. The largest absolute Gasteiger partial charge is 0.330 e. The third-order valence-corrected chi connectivity index (χ3v) is 2.65. The van der Waals surface area contributed by atoms with Gasteiger partial charge in [-0.3, -0.25) is 0 Å². The molecule has 0 spiro atoms. The second-order valence-corrected chi connectivity index (χ2v) is 3.63. The molecule has 2 N–H and O–H groups in total. The van der Waals surface area contributed by atoms with E-state index in [0.29, 0.717) is 6.54 Å². The maximum absolute atomic E-state index is 5.59. The lowest BCUT2D eigenvalue weighted by atomic mass is 9.99. The third kappa shape index (κ3) is 2.31. The highest BCUT2D eigenvalue weighted by Gasteiger charge is 2.01. The van der Waals surface area contributed by atoms with E-state index in [9.17, 15) is 0 Å². The smallest absolute Gasteiger partial charge is 0.00365 e. The maximum atomic E-state index is 5.59. The van der Waals surface area contributed by atoms with E-state index in [2.05, 4.69) is 43.3 Å². The Balaban J connectivity index is 0.00000112. The first-order chi connectivity index (χ1) is 6.83. The first-order valence-electron chi connectivity index (χ1n) is 5.00. The molecule has 0 aliphatic heterocycles. The standard InChI is InChI=1S/C13H15N.ClH/c1-10-6-7-11(8-9-14)13-5-3-2-4-12(10)13;/h2-7H,8-9,14H2,1H3;1H. The number of halogens is 1. The molecule has 0 bridgehead atoms. The van der Waals surface area contributed by atoms with Gasteiger partial charge in [-0.15, -0.1) is 12.4 Å². The Hall–Kier alpha value is -1.05. The fourth-order valence-corrected chi connectivity index (χ4v) is 1.89. The van der Waals surface area contributed by atoms with Gasteiger partial charge in [0.15, 0.2) is 0 Å². The molecule has 2 rings (SSSR count). The van der Waals surface area contributed by atoms with Gasteiger partial charge in [0.25, 0.3) is 0 Å². The van der Waals surface area contributed by atoms with Crippen molar-refractivity contribution in [3.63, 3.8) is 0 Å². The molecule has 0 aromatic heterocycles. The summed E-state index contributed by atoms with van der Waals surface area (Å²) < 4.78 is 0. The molecule has 2 aromatic rings. The Labute approximate surface area is 96.7 Å². The number of fused-ring (bicyclic) bond motifs is 1. The predicted octanol–water partition coefficient (Wildman–Crippen LogP) is 3.07. The molecule has 2 heteroatoms. The van der Waals surface area contributed by atoms with Crippen molar-refractivity contribution in [1.82, 2.24) is 0 Å². The molecular formula is C13H16ClN. The highest BCUT2D eigenvalue weighted by atomic mass is 35.5. The molecule has 1 nitrogen and oxygen atoms in total. The van der Waals surface area contributed by atoms with Gasteiger partial charge in [-0.25, -0.2) is 0 Å². The van der Waals surface area contributed by atoms with Crippen molar-refractivity contribution in [2.75, 3.05) is 6.54 Å². The SMILES string of the molecule is Cc1ccc(CCN)c2ccccc12.Cl. The van der Waals surface area contributed by atoms with Crippen LogP contribution in [0.25, 0.3) is 10.8 Å². The van der Waals surface area contributed by atoms with Crippen molar-refractivity contribution in [1.29, 1.82) is 0 Å². The van der Waals surface area contributed by atoms with Gasteiger partial charge in [-0.1, -0.05) is 36.4 Å². The molecule has 0 unspecified atom stereocenters. The molecular weight excluding hydrogens is 206 g/mol.